The number of halogens is 1. The number of piperazine rings is 2. The summed E-state index contributed by atoms with van der Waals surface area (Å²) in [5.41, 5.74) is 12.6. The number of anilines is 4. The summed E-state index contributed by atoms with van der Waals surface area (Å²) in [5, 5.41) is 20.9. The fourth-order valence-electron chi connectivity index (χ4n) is 6.15. The molecule has 2 fully saturated rings. The lowest BCUT2D eigenvalue weighted by Gasteiger charge is -2.34. The van der Waals surface area contributed by atoms with Crippen LogP contribution in [0.5, 0.6) is 0 Å². The summed E-state index contributed by atoms with van der Waals surface area (Å²) >= 11 is 3.51. The van der Waals surface area contributed by atoms with E-state index in [9.17, 15) is 4.79 Å². The van der Waals surface area contributed by atoms with Gasteiger partial charge in [0.1, 0.15) is 21.7 Å². The number of nitrogens with two attached hydrogens (primary N) is 1. The first-order valence-electron chi connectivity index (χ1n) is 18.1. The monoisotopic (exact) mass is 799 g/mol. The molecule has 11 nitrogen and oxygen atoms in total. The maximum absolute atomic E-state index is 10.2. The molecule has 0 unspecified atom stereocenters. The Labute approximate surface area is 338 Å². The number of nitrogens with zero attached hydrogens (tertiary/aromatic N) is 5. The second kappa shape index (κ2) is 19.7. The maximum Gasteiger partial charge on any atom is 0.335 e. The minimum atomic E-state index is -0.879. The van der Waals surface area contributed by atoms with Gasteiger partial charge < -0.3 is 41.5 Å². The van der Waals surface area contributed by atoms with E-state index in [2.05, 4.69) is 100.0 Å². The van der Waals surface area contributed by atoms with E-state index in [0.717, 1.165) is 78.4 Å². The molecule has 9 rings (SSSR count). The number of aromatic carboxylic acids is 1. The largest absolute Gasteiger partial charge is 0.478 e. The van der Waals surface area contributed by atoms with Gasteiger partial charge in [-0.1, -0.05) is 42.5 Å². The fraction of sp³-hybridized carbons (Fsp3) is 0.293. The summed E-state index contributed by atoms with van der Waals surface area (Å²) in [5.74, 6) is 0.817. The van der Waals surface area contributed by atoms with E-state index in [1.54, 1.807) is 53.0 Å². The van der Waals surface area contributed by atoms with Crippen LogP contribution >= 0.6 is 35.1 Å². The van der Waals surface area contributed by atoms with Crippen molar-refractivity contribution in [3.8, 4) is 0 Å². The molecule has 0 bridgehead atoms. The maximum atomic E-state index is 10.2. The van der Waals surface area contributed by atoms with Crippen molar-refractivity contribution in [2.45, 2.75) is 13.8 Å². The van der Waals surface area contributed by atoms with Crippen molar-refractivity contribution in [1.82, 2.24) is 20.0 Å². The van der Waals surface area contributed by atoms with E-state index < -0.39 is 5.97 Å². The highest BCUT2D eigenvalue weighted by Gasteiger charge is 2.25. The van der Waals surface area contributed by atoms with Crippen LogP contribution in [0, 0.1) is 13.8 Å². The van der Waals surface area contributed by atoms with E-state index in [1.807, 2.05) is 24.3 Å². The number of carboxylic acid groups (broad SMARTS) is 1. The number of nitrogens with one attached hydrogen (secondary N) is 3. The quantitative estimate of drug-likeness (QED) is 0.115. The van der Waals surface area contributed by atoms with Crippen molar-refractivity contribution in [3.63, 3.8) is 0 Å². The van der Waals surface area contributed by atoms with Crippen molar-refractivity contribution in [3.05, 3.63) is 117 Å². The van der Waals surface area contributed by atoms with Crippen LogP contribution in [0.3, 0.4) is 0 Å². The number of aryl methyl sites for hydroxylation is 2. The number of thiophene rings is 2. The van der Waals surface area contributed by atoms with E-state index in [4.69, 9.17) is 15.8 Å². The molecule has 55 heavy (non-hydrogen) atoms. The van der Waals surface area contributed by atoms with Gasteiger partial charge in [-0.15, -0.1) is 35.1 Å². The van der Waals surface area contributed by atoms with Gasteiger partial charge in [-0.05, 0) is 76.5 Å². The summed E-state index contributed by atoms with van der Waals surface area (Å²) in [4.78, 5) is 29.3. The topological polar surface area (TPSA) is 134 Å². The molecule has 3 aromatic carbocycles. The van der Waals surface area contributed by atoms with Gasteiger partial charge in [0.05, 0.1) is 39.4 Å². The number of amidine groups is 2. The zero-order valence-corrected chi connectivity index (χ0v) is 34.2. The van der Waals surface area contributed by atoms with E-state index >= 15 is 0 Å². The first-order valence-corrected chi connectivity index (χ1v) is 19.8. The summed E-state index contributed by atoms with van der Waals surface area (Å²) in [6.07, 6.45) is 0. The number of para-hydroxylation sites is 4. The first-order chi connectivity index (χ1) is 26.1. The normalized spacial score (nSPS) is 15.7. The number of benzene rings is 3. The molecule has 5 aromatic rings. The number of carbonyl (C=O) groups is 1. The molecule has 0 radical (unpaired) electrons. The SMILES string of the molecule is CN1CCNCC1.Cc1cc2c(s1)Nc1ccccc1N=C2N.Cc1cc2c(s1)Nc1ccccc1N=C2N1CCN(C)CC1.Cl.O=C(O)c1ccccc1. The van der Waals surface area contributed by atoms with Gasteiger partial charge in [0.15, 0.2) is 0 Å². The molecule has 14 heteroatoms. The second-order valence-electron chi connectivity index (χ2n) is 13.4. The fourth-order valence-corrected chi connectivity index (χ4v) is 8.00. The van der Waals surface area contributed by atoms with Gasteiger partial charge in [-0.25, -0.2) is 14.8 Å². The van der Waals surface area contributed by atoms with Crippen LogP contribution in [-0.2, 0) is 0 Å². The van der Waals surface area contributed by atoms with Gasteiger partial charge >= 0.3 is 5.97 Å². The van der Waals surface area contributed by atoms with Crippen molar-refractivity contribution < 1.29 is 9.90 Å². The van der Waals surface area contributed by atoms with Crippen LogP contribution < -0.4 is 21.7 Å². The summed E-state index contributed by atoms with van der Waals surface area (Å²) < 4.78 is 0. The average Bonchev–Trinajstić information content (AvgIpc) is 3.65. The van der Waals surface area contributed by atoms with Gasteiger partial charge in [-0.3, -0.25) is 0 Å². The minimum absolute atomic E-state index is 0. The number of hydrogen-bond acceptors (Lipinski definition) is 12. The average molecular weight is 800 g/mol. The molecule has 6 heterocycles. The molecule has 0 spiro atoms. The number of carboxylic acids is 1. The lowest BCUT2D eigenvalue weighted by Crippen LogP contribution is -2.47. The lowest BCUT2D eigenvalue weighted by atomic mass is 10.2. The third kappa shape index (κ3) is 11.2. The highest BCUT2D eigenvalue weighted by molar-refractivity contribution is 7.17. The molecule has 4 aliphatic heterocycles. The van der Waals surface area contributed by atoms with Crippen molar-refractivity contribution in [1.29, 1.82) is 0 Å². The summed E-state index contributed by atoms with van der Waals surface area (Å²) in [6.45, 7) is 13.2. The smallest absolute Gasteiger partial charge is 0.335 e. The first kappa shape index (κ1) is 41.4. The van der Waals surface area contributed by atoms with Gasteiger partial charge in [0, 0.05) is 62.1 Å². The number of rotatable bonds is 1. The highest BCUT2D eigenvalue weighted by atomic mass is 35.5. The van der Waals surface area contributed by atoms with Gasteiger partial charge in [0.2, 0.25) is 0 Å². The van der Waals surface area contributed by atoms with Crippen molar-refractivity contribution in [2.24, 2.45) is 15.7 Å². The Bertz CT molecular complexity index is 2090. The Balaban J connectivity index is 0.000000153. The molecule has 2 aromatic heterocycles. The van der Waals surface area contributed by atoms with Crippen LogP contribution in [0.25, 0.3) is 0 Å². The highest BCUT2D eigenvalue weighted by Crippen LogP contribution is 2.39. The van der Waals surface area contributed by atoms with Crippen LogP contribution in [0.15, 0.2) is 101 Å². The third-order valence-electron chi connectivity index (χ3n) is 9.16. The zero-order chi connectivity index (χ0) is 38.0. The van der Waals surface area contributed by atoms with Crippen LogP contribution in [-0.4, -0.2) is 104 Å². The molecule has 0 saturated carbocycles. The van der Waals surface area contributed by atoms with Crippen LogP contribution in [0.2, 0.25) is 0 Å². The molecular weight excluding hydrogens is 750 g/mol. The van der Waals surface area contributed by atoms with Crippen LogP contribution in [0.1, 0.15) is 31.2 Å². The van der Waals surface area contributed by atoms with E-state index in [1.165, 1.54) is 33.4 Å². The molecule has 2 saturated heterocycles. The van der Waals surface area contributed by atoms with Crippen molar-refractivity contribution in [2.75, 3.05) is 77.1 Å². The Hall–Kier alpha value is -4.76. The molecule has 290 valence electrons. The van der Waals surface area contributed by atoms with E-state index in [0.29, 0.717) is 11.4 Å². The third-order valence-corrected chi connectivity index (χ3v) is 11.1. The summed E-state index contributed by atoms with van der Waals surface area (Å²) in [6, 6.07) is 28.8. The zero-order valence-electron chi connectivity index (χ0n) is 31.7. The summed E-state index contributed by atoms with van der Waals surface area (Å²) in [7, 11) is 4.34. The number of fused-ring (bicyclic) bond motifs is 4. The lowest BCUT2D eigenvalue weighted by molar-refractivity contribution is 0.0697. The molecular formula is C41H50ClN9O2S2. The Morgan fingerprint density at radius 3 is 1.71 bits per heavy atom. The Morgan fingerprint density at radius 2 is 1.18 bits per heavy atom. The van der Waals surface area contributed by atoms with Gasteiger partial charge in [-0.2, -0.15) is 0 Å². The molecule has 0 amide bonds. The standard InChI is InChI=1S/C17H20N4S.C12H11N3S.C7H6O2.C5H12N2.ClH/c1-12-11-13-16(21-9-7-20(2)8-10-21)18-14-5-3-4-6-15(14)19-17(13)22-12;1-7-6-8-11(13)14-9-4-2-3-5-10(9)15-12(8)16-7;8-7(9)6-4-2-1-3-5-6;1-7-4-2-6-3-5-7;/h3-6,11,19H,7-10H2,1-2H3;2-6,15H,1H3,(H2,13,14);1-5H,(H,8,9);6H,2-5H2,1H3;1H. The number of likely N-dealkylation sites (N-methyl/N-ethyl adjacent to an activating group) is 2. The number of aliphatic imine (C=N–C) groups is 2. The van der Waals surface area contributed by atoms with Crippen molar-refractivity contribution >= 4 is 85.5 Å². The predicted octanol–water partition coefficient (Wildman–Crippen LogP) is 7.92. The Kier molecular flexibility index (Phi) is 14.8. The second-order valence-corrected chi connectivity index (χ2v) is 15.9. The Morgan fingerprint density at radius 1 is 0.691 bits per heavy atom. The number of hydrogen-bond donors (Lipinski definition) is 5. The predicted molar refractivity (Wildman–Crippen MR) is 234 cm³/mol. The molecule has 6 N–H and O–H groups in total. The molecule has 0 atom stereocenters. The van der Waals surface area contributed by atoms with Gasteiger partial charge in [0.25, 0.3) is 0 Å². The van der Waals surface area contributed by atoms with E-state index in [-0.39, 0.29) is 12.4 Å². The molecule has 4 aliphatic rings. The molecule has 0 aliphatic carbocycles. The minimum Gasteiger partial charge on any atom is -0.478 e. The van der Waals surface area contributed by atoms with Crippen LogP contribution in [0.4, 0.5) is 32.8 Å².